The molecule has 0 bridgehead atoms. The standard InChI is InChI=1S/C25H40BClN2O6S/c1-16-19(15-36(27,31)32)17(2)21(18(3)20(16)26-34-24(7,8)25(9,10)35-26)28-11-13-29(14-12-28)22(30)33-23(4,5)6/h11-15H2,1-10H3. The van der Waals surface area contributed by atoms with Crippen LogP contribution in [-0.2, 0) is 28.8 Å². The summed E-state index contributed by atoms with van der Waals surface area (Å²) >= 11 is 0. The lowest BCUT2D eigenvalue weighted by atomic mass is 9.70. The van der Waals surface area contributed by atoms with Crippen LogP contribution < -0.4 is 10.4 Å². The maximum absolute atomic E-state index is 12.6. The van der Waals surface area contributed by atoms with Gasteiger partial charge in [0.25, 0.3) is 0 Å². The van der Waals surface area contributed by atoms with Crippen LogP contribution in [0.2, 0.25) is 0 Å². The second-order valence-electron chi connectivity index (χ2n) is 11.8. The summed E-state index contributed by atoms with van der Waals surface area (Å²) in [7, 11) is 1.29. The number of anilines is 1. The summed E-state index contributed by atoms with van der Waals surface area (Å²) in [5, 5.41) is 0. The lowest BCUT2D eigenvalue weighted by molar-refractivity contribution is 0.00578. The van der Waals surface area contributed by atoms with E-state index in [1.54, 1.807) is 4.90 Å². The Morgan fingerprint density at radius 2 is 1.47 bits per heavy atom. The van der Waals surface area contributed by atoms with Gasteiger partial charge in [-0.2, -0.15) is 0 Å². The van der Waals surface area contributed by atoms with Gasteiger partial charge in [0.1, 0.15) is 5.60 Å². The van der Waals surface area contributed by atoms with Gasteiger partial charge in [-0.05, 0) is 97.0 Å². The molecule has 0 aromatic heterocycles. The van der Waals surface area contributed by atoms with Gasteiger partial charge in [-0.1, -0.05) is 0 Å². The van der Waals surface area contributed by atoms with Crippen molar-refractivity contribution in [2.45, 2.75) is 91.8 Å². The van der Waals surface area contributed by atoms with Gasteiger partial charge >= 0.3 is 13.2 Å². The number of piperazine rings is 1. The molecule has 36 heavy (non-hydrogen) atoms. The third-order valence-corrected chi connectivity index (χ3v) is 8.44. The van der Waals surface area contributed by atoms with Crippen molar-refractivity contribution in [2.24, 2.45) is 0 Å². The minimum Gasteiger partial charge on any atom is -0.444 e. The number of nitrogens with zero attached hydrogens (tertiary/aromatic N) is 2. The molecule has 0 saturated carbocycles. The molecule has 3 rings (SSSR count). The topological polar surface area (TPSA) is 85.4 Å². The molecular weight excluding hydrogens is 503 g/mol. The second-order valence-corrected chi connectivity index (χ2v) is 14.6. The Hall–Kier alpha value is -1.49. The quantitative estimate of drug-likeness (QED) is 0.419. The monoisotopic (exact) mass is 542 g/mol. The van der Waals surface area contributed by atoms with E-state index in [0.717, 1.165) is 27.8 Å². The zero-order valence-electron chi connectivity index (χ0n) is 23.2. The smallest absolute Gasteiger partial charge is 0.444 e. The number of carbonyl (C=O) groups excluding carboxylic acids is 1. The first-order valence-corrected chi connectivity index (χ1v) is 14.9. The molecule has 2 aliphatic rings. The molecule has 0 aliphatic carbocycles. The molecule has 11 heteroatoms. The molecule has 1 aromatic carbocycles. The maximum atomic E-state index is 12.6. The average Bonchev–Trinajstić information content (AvgIpc) is 2.90. The molecule has 1 aromatic rings. The van der Waals surface area contributed by atoms with Gasteiger partial charge in [0.15, 0.2) is 0 Å². The molecule has 1 amide bonds. The van der Waals surface area contributed by atoms with E-state index >= 15 is 0 Å². The summed E-state index contributed by atoms with van der Waals surface area (Å²) < 4.78 is 42.7. The number of ether oxygens (including phenoxy) is 1. The third kappa shape index (κ3) is 5.98. The van der Waals surface area contributed by atoms with E-state index in [1.807, 2.05) is 69.2 Å². The zero-order valence-corrected chi connectivity index (χ0v) is 24.8. The summed E-state index contributed by atoms with van der Waals surface area (Å²) in [5.41, 5.74) is 3.43. The molecule has 0 atom stereocenters. The Kier molecular flexibility index (Phi) is 7.81. The van der Waals surface area contributed by atoms with Gasteiger partial charge in [0, 0.05) is 42.5 Å². The number of hydrogen-bond acceptors (Lipinski definition) is 7. The summed E-state index contributed by atoms with van der Waals surface area (Å²) in [4.78, 5) is 16.5. The van der Waals surface area contributed by atoms with E-state index in [4.69, 9.17) is 24.7 Å². The Morgan fingerprint density at radius 1 is 0.972 bits per heavy atom. The van der Waals surface area contributed by atoms with Crippen molar-refractivity contribution in [2.75, 3.05) is 31.1 Å². The van der Waals surface area contributed by atoms with E-state index in [0.29, 0.717) is 31.7 Å². The highest BCUT2D eigenvalue weighted by Gasteiger charge is 2.53. The molecule has 2 fully saturated rings. The van der Waals surface area contributed by atoms with Gasteiger partial charge in [-0.15, -0.1) is 0 Å². The highest BCUT2D eigenvalue weighted by molar-refractivity contribution is 8.13. The highest BCUT2D eigenvalue weighted by atomic mass is 35.7. The van der Waals surface area contributed by atoms with Crippen molar-refractivity contribution >= 4 is 44.1 Å². The SMILES string of the molecule is Cc1c(CS(=O)(=O)Cl)c(C)c(N2CCN(C(=O)OC(C)(C)C)CC2)c(C)c1B1OC(C)(C)C(C)(C)O1. The minimum atomic E-state index is -3.80. The molecule has 0 radical (unpaired) electrons. The van der Waals surface area contributed by atoms with Gasteiger partial charge < -0.3 is 23.8 Å². The summed E-state index contributed by atoms with van der Waals surface area (Å²) in [6, 6.07) is 0. The number of amides is 1. The van der Waals surface area contributed by atoms with Gasteiger partial charge in [-0.25, -0.2) is 13.2 Å². The maximum Gasteiger partial charge on any atom is 0.495 e. The van der Waals surface area contributed by atoms with Crippen LogP contribution in [0, 0.1) is 20.8 Å². The van der Waals surface area contributed by atoms with Crippen LogP contribution in [0.15, 0.2) is 0 Å². The summed E-state index contributed by atoms with van der Waals surface area (Å²) in [6.45, 7) is 21.5. The molecule has 0 N–H and O–H groups in total. The Bertz CT molecular complexity index is 1120. The number of hydrogen-bond donors (Lipinski definition) is 0. The van der Waals surface area contributed by atoms with Crippen LogP contribution in [0.25, 0.3) is 0 Å². The Balaban J connectivity index is 2.03. The Labute approximate surface area is 221 Å². The molecule has 2 heterocycles. The fraction of sp³-hybridized carbons (Fsp3) is 0.720. The summed E-state index contributed by atoms with van der Waals surface area (Å²) in [6.07, 6.45) is -0.327. The number of halogens is 1. The average molecular weight is 543 g/mol. The number of carbonyl (C=O) groups is 1. The van der Waals surface area contributed by atoms with E-state index in [2.05, 4.69) is 4.90 Å². The number of rotatable bonds is 4. The largest absolute Gasteiger partial charge is 0.495 e. The van der Waals surface area contributed by atoms with Crippen LogP contribution in [0.5, 0.6) is 0 Å². The molecule has 202 valence electrons. The minimum absolute atomic E-state index is 0.288. The van der Waals surface area contributed by atoms with Crippen molar-refractivity contribution in [1.82, 2.24) is 4.90 Å². The summed E-state index contributed by atoms with van der Waals surface area (Å²) in [5.74, 6) is -0.288. The van der Waals surface area contributed by atoms with Crippen LogP contribution in [0.4, 0.5) is 10.5 Å². The first-order valence-electron chi connectivity index (χ1n) is 12.4. The van der Waals surface area contributed by atoms with Crippen LogP contribution >= 0.6 is 10.7 Å². The molecule has 2 aliphatic heterocycles. The molecular formula is C25H40BClN2O6S. The fourth-order valence-electron chi connectivity index (χ4n) is 4.89. The van der Waals surface area contributed by atoms with E-state index in [1.165, 1.54) is 0 Å². The first kappa shape index (κ1) is 29.1. The van der Waals surface area contributed by atoms with E-state index < -0.39 is 33.0 Å². The highest BCUT2D eigenvalue weighted by Crippen LogP contribution is 2.39. The predicted octanol–water partition coefficient (Wildman–Crippen LogP) is 4.04. The number of benzene rings is 1. The van der Waals surface area contributed by atoms with Gasteiger partial charge in [-0.3, -0.25) is 0 Å². The van der Waals surface area contributed by atoms with Gasteiger partial charge in [0.05, 0.1) is 17.0 Å². The van der Waals surface area contributed by atoms with Gasteiger partial charge in [0.2, 0.25) is 9.05 Å². The molecule has 8 nitrogen and oxygen atoms in total. The van der Waals surface area contributed by atoms with Crippen LogP contribution in [-0.4, -0.2) is 69.5 Å². The van der Waals surface area contributed by atoms with E-state index in [-0.39, 0.29) is 11.8 Å². The van der Waals surface area contributed by atoms with E-state index in [9.17, 15) is 13.2 Å². The second kappa shape index (κ2) is 9.68. The molecule has 0 spiro atoms. The molecule has 0 unspecified atom stereocenters. The van der Waals surface area contributed by atoms with Crippen molar-refractivity contribution in [3.05, 3.63) is 22.3 Å². The van der Waals surface area contributed by atoms with Crippen LogP contribution in [0.1, 0.15) is 70.7 Å². The Morgan fingerprint density at radius 3 is 1.92 bits per heavy atom. The molecule has 2 saturated heterocycles. The fourth-order valence-corrected chi connectivity index (χ4v) is 6.00. The lowest BCUT2D eigenvalue weighted by Crippen LogP contribution is -2.51. The first-order chi connectivity index (χ1) is 16.2. The van der Waals surface area contributed by atoms with Crippen molar-refractivity contribution < 1.29 is 27.3 Å². The predicted molar refractivity (Wildman–Crippen MR) is 145 cm³/mol. The zero-order chi connectivity index (χ0) is 27.4. The van der Waals surface area contributed by atoms with Crippen molar-refractivity contribution in [3.8, 4) is 0 Å². The van der Waals surface area contributed by atoms with Crippen LogP contribution in [0.3, 0.4) is 0 Å². The third-order valence-electron chi connectivity index (χ3n) is 7.48. The normalized spacial score (nSPS) is 20.1. The van der Waals surface area contributed by atoms with Crippen molar-refractivity contribution in [1.29, 1.82) is 0 Å². The van der Waals surface area contributed by atoms with Crippen molar-refractivity contribution in [3.63, 3.8) is 0 Å². The lowest BCUT2D eigenvalue weighted by Gasteiger charge is -2.39.